The number of benzene rings is 1. The zero-order chi connectivity index (χ0) is 12.3. The van der Waals surface area contributed by atoms with Gasteiger partial charge in [-0.3, -0.25) is 10.1 Å². The molecule has 0 heterocycles. The molecule has 0 saturated heterocycles. The van der Waals surface area contributed by atoms with Gasteiger partial charge in [-0.05, 0) is 12.1 Å². The van der Waals surface area contributed by atoms with Gasteiger partial charge in [0.2, 0.25) is 6.43 Å². The summed E-state index contributed by atoms with van der Waals surface area (Å²) < 4.78 is 24.2. The molecule has 1 aromatic rings. The van der Waals surface area contributed by atoms with E-state index in [0.29, 0.717) is 0 Å². The van der Waals surface area contributed by atoms with E-state index in [1.165, 1.54) is 12.1 Å². The average molecular weight is 251 g/mol. The lowest BCUT2D eigenvalue weighted by atomic mass is 10.0. The van der Waals surface area contributed by atoms with Crippen molar-refractivity contribution in [2.24, 2.45) is 5.73 Å². The van der Waals surface area contributed by atoms with E-state index in [0.717, 1.165) is 6.07 Å². The maximum atomic E-state index is 12.1. The minimum absolute atomic E-state index is 0.0257. The Morgan fingerprint density at radius 2 is 2.12 bits per heavy atom. The summed E-state index contributed by atoms with van der Waals surface area (Å²) in [6, 6.07) is 2.62. The Morgan fingerprint density at radius 1 is 1.50 bits per heavy atom. The van der Waals surface area contributed by atoms with Crippen molar-refractivity contribution in [2.75, 3.05) is 0 Å². The van der Waals surface area contributed by atoms with E-state index in [1.807, 2.05) is 0 Å². The zero-order valence-corrected chi connectivity index (χ0v) is 8.82. The highest BCUT2D eigenvalue weighted by atomic mass is 35.5. The quantitative estimate of drug-likeness (QED) is 0.660. The predicted molar refractivity (Wildman–Crippen MR) is 55.7 cm³/mol. The lowest BCUT2D eigenvalue weighted by Gasteiger charge is -2.11. The molecule has 0 spiro atoms. The highest BCUT2D eigenvalue weighted by Gasteiger charge is 2.22. The summed E-state index contributed by atoms with van der Waals surface area (Å²) in [6.07, 6.45) is -3.25. The number of nitrogens with zero attached hydrogens (tertiary/aromatic N) is 1. The molecule has 1 rings (SSSR count). The molecule has 0 aromatic heterocycles. The van der Waals surface area contributed by atoms with Gasteiger partial charge < -0.3 is 5.73 Å². The maximum absolute atomic E-state index is 12.1. The summed E-state index contributed by atoms with van der Waals surface area (Å²) in [5.74, 6) is 0. The van der Waals surface area contributed by atoms with E-state index >= 15 is 0 Å². The van der Waals surface area contributed by atoms with Crippen LogP contribution in [0.25, 0.3) is 0 Å². The lowest BCUT2D eigenvalue weighted by Crippen LogP contribution is -2.15. The minimum atomic E-state index is -2.62. The third-order valence-electron chi connectivity index (χ3n) is 2.02. The molecule has 0 unspecified atom stereocenters. The lowest BCUT2D eigenvalue weighted by molar-refractivity contribution is -0.385. The third kappa shape index (κ3) is 3.11. The number of hydrogen-bond acceptors (Lipinski definition) is 3. The molecule has 0 aliphatic heterocycles. The van der Waals surface area contributed by atoms with Gasteiger partial charge in [-0.1, -0.05) is 11.6 Å². The van der Waals surface area contributed by atoms with E-state index in [-0.39, 0.29) is 16.3 Å². The van der Waals surface area contributed by atoms with Crippen LogP contribution in [0, 0.1) is 10.1 Å². The van der Waals surface area contributed by atoms with Crippen LogP contribution >= 0.6 is 11.6 Å². The summed E-state index contributed by atoms with van der Waals surface area (Å²) in [5.41, 5.74) is 5.19. The van der Waals surface area contributed by atoms with Crippen LogP contribution in [0.2, 0.25) is 5.02 Å². The molecular formula is C9H9ClF2N2O2. The minimum Gasteiger partial charge on any atom is -0.324 e. The number of nitro groups is 1. The second kappa shape index (κ2) is 5.18. The molecule has 0 aliphatic carbocycles. The van der Waals surface area contributed by atoms with Crippen LogP contribution in [0.3, 0.4) is 0 Å². The Balaban J connectivity index is 3.09. The molecule has 2 N–H and O–H groups in total. The predicted octanol–water partition coefficient (Wildman–Crippen LogP) is 2.90. The van der Waals surface area contributed by atoms with E-state index in [4.69, 9.17) is 17.3 Å². The van der Waals surface area contributed by atoms with E-state index < -0.39 is 23.8 Å². The molecule has 7 heteroatoms. The van der Waals surface area contributed by atoms with Crippen molar-refractivity contribution in [2.45, 2.75) is 18.9 Å². The highest BCUT2D eigenvalue weighted by Crippen LogP contribution is 2.29. The smallest absolute Gasteiger partial charge is 0.274 e. The molecular weight excluding hydrogens is 242 g/mol. The van der Waals surface area contributed by atoms with Gasteiger partial charge in [0.15, 0.2) is 0 Å². The van der Waals surface area contributed by atoms with Gasteiger partial charge in [-0.15, -0.1) is 0 Å². The van der Waals surface area contributed by atoms with Gasteiger partial charge in [0, 0.05) is 29.1 Å². The van der Waals surface area contributed by atoms with Crippen LogP contribution < -0.4 is 5.73 Å². The molecule has 0 bridgehead atoms. The van der Waals surface area contributed by atoms with Gasteiger partial charge in [0.25, 0.3) is 5.69 Å². The monoisotopic (exact) mass is 250 g/mol. The standard InChI is InChI=1S/C9H9ClF2N2O2/c10-5-1-2-8(14(15)16)6(3-5)7(13)4-9(11)12/h1-3,7,9H,4,13H2/t7-/m1/s1. The first kappa shape index (κ1) is 12.8. The van der Waals surface area contributed by atoms with Crippen molar-refractivity contribution in [3.8, 4) is 0 Å². The number of nitrogens with two attached hydrogens (primary N) is 1. The topological polar surface area (TPSA) is 69.2 Å². The molecule has 88 valence electrons. The highest BCUT2D eigenvalue weighted by molar-refractivity contribution is 6.30. The number of rotatable bonds is 4. The normalized spacial score (nSPS) is 12.8. The molecule has 16 heavy (non-hydrogen) atoms. The van der Waals surface area contributed by atoms with Crippen molar-refractivity contribution in [3.63, 3.8) is 0 Å². The Hall–Kier alpha value is -1.27. The van der Waals surface area contributed by atoms with E-state index in [2.05, 4.69) is 0 Å². The number of nitro benzene ring substituents is 1. The van der Waals surface area contributed by atoms with Gasteiger partial charge in [-0.2, -0.15) is 0 Å². The Labute approximate surface area is 95.2 Å². The Morgan fingerprint density at radius 3 is 2.62 bits per heavy atom. The molecule has 0 aliphatic rings. The van der Waals surface area contributed by atoms with Crippen LogP contribution in [-0.4, -0.2) is 11.3 Å². The Bertz CT molecular complexity index is 401. The second-order valence-electron chi connectivity index (χ2n) is 3.19. The summed E-state index contributed by atoms with van der Waals surface area (Å²) in [6.45, 7) is 0. The fourth-order valence-corrected chi connectivity index (χ4v) is 1.49. The fourth-order valence-electron chi connectivity index (χ4n) is 1.31. The molecule has 0 amide bonds. The summed E-state index contributed by atoms with van der Waals surface area (Å²) >= 11 is 5.64. The number of hydrogen-bond donors (Lipinski definition) is 1. The molecule has 0 saturated carbocycles. The first-order valence-corrected chi connectivity index (χ1v) is 4.77. The number of halogens is 3. The third-order valence-corrected chi connectivity index (χ3v) is 2.25. The maximum Gasteiger partial charge on any atom is 0.274 e. The SMILES string of the molecule is N[C@H](CC(F)F)c1cc(Cl)ccc1[N+](=O)[O-]. The molecule has 1 aromatic carbocycles. The van der Waals surface area contributed by atoms with Crippen molar-refractivity contribution < 1.29 is 13.7 Å². The second-order valence-corrected chi connectivity index (χ2v) is 3.63. The molecule has 0 radical (unpaired) electrons. The van der Waals surface area contributed by atoms with Gasteiger partial charge in [0.05, 0.1) is 4.92 Å². The van der Waals surface area contributed by atoms with Gasteiger partial charge >= 0.3 is 0 Å². The van der Waals surface area contributed by atoms with Gasteiger partial charge in [-0.25, -0.2) is 8.78 Å². The van der Waals surface area contributed by atoms with Crippen molar-refractivity contribution >= 4 is 17.3 Å². The van der Waals surface area contributed by atoms with Gasteiger partial charge in [0.1, 0.15) is 0 Å². The van der Waals surface area contributed by atoms with Crippen molar-refractivity contribution in [1.29, 1.82) is 0 Å². The Kier molecular flexibility index (Phi) is 4.14. The number of alkyl halides is 2. The van der Waals surface area contributed by atoms with Crippen molar-refractivity contribution in [3.05, 3.63) is 38.9 Å². The van der Waals surface area contributed by atoms with Crippen molar-refractivity contribution in [1.82, 2.24) is 0 Å². The summed E-state index contributed by atoms with van der Waals surface area (Å²) in [7, 11) is 0. The first-order valence-electron chi connectivity index (χ1n) is 4.39. The first-order chi connectivity index (χ1) is 7.41. The summed E-state index contributed by atoms with van der Waals surface area (Å²) in [4.78, 5) is 9.97. The van der Waals surface area contributed by atoms with Crippen LogP contribution in [-0.2, 0) is 0 Å². The average Bonchev–Trinajstić information content (AvgIpc) is 2.15. The van der Waals surface area contributed by atoms with Crippen LogP contribution in [0.15, 0.2) is 18.2 Å². The molecule has 0 fully saturated rings. The molecule has 1 atom stereocenters. The van der Waals surface area contributed by atoms with E-state index in [1.54, 1.807) is 0 Å². The fraction of sp³-hybridized carbons (Fsp3) is 0.333. The largest absolute Gasteiger partial charge is 0.324 e. The van der Waals surface area contributed by atoms with Crippen LogP contribution in [0.1, 0.15) is 18.0 Å². The zero-order valence-electron chi connectivity index (χ0n) is 8.07. The van der Waals surface area contributed by atoms with E-state index in [9.17, 15) is 18.9 Å². The summed E-state index contributed by atoms with van der Waals surface area (Å²) in [5, 5.41) is 10.9. The molecule has 4 nitrogen and oxygen atoms in total. The van der Waals surface area contributed by atoms with Crippen LogP contribution in [0.4, 0.5) is 14.5 Å². The van der Waals surface area contributed by atoms with Crippen LogP contribution in [0.5, 0.6) is 0 Å².